The first-order valence-electron chi connectivity index (χ1n) is 21.1. The van der Waals surface area contributed by atoms with Gasteiger partial charge in [-0.25, -0.2) is 0 Å². The third-order valence-electron chi connectivity index (χ3n) is 10.0. The van der Waals surface area contributed by atoms with Gasteiger partial charge in [0.25, 0.3) is 0 Å². The lowest BCUT2D eigenvalue weighted by atomic mass is 10.0. The second-order valence-electron chi connectivity index (χ2n) is 14.7. The third kappa shape index (κ3) is 28.0. The Morgan fingerprint density at radius 2 is 0.660 bits per heavy atom. The van der Waals surface area contributed by atoms with Crippen molar-refractivity contribution >= 4 is 0 Å². The standard InChI is InChI=1S/C46H82N/c1-4-7-10-13-16-19-22-25-28-31-37-42-47(45-46-40-35-34-36-41-46,43-38-32-29-26-23-20-17-14-11-8-5-2)44-39-33-30-27-24-21-18-15-12-9-6-3/h13-18,34-36,40-41H,4-12,19-33,37-39,42-45H2,1-3H3/q+1/b16-13+,17-14+,18-15+. The second kappa shape index (κ2) is 34.3. The van der Waals surface area contributed by atoms with Gasteiger partial charge >= 0.3 is 0 Å². The molecular formula is C46H82N+. The highest BCUT2D eigenvalue weighted by Gasteiger charge is 2.26. The molecule has 270 valence electrons. The van der Waals surface area contributed by atoms with Gasteiger partial charge in [-0.15, -0.1) is 0 Å². The molecular weight excluding hydrogens is 567 g/mol. The number of rotatable bonds is 35. The Hall–Kier alpha value is -1.60. The molecule has 0 spiro atoms. The zero-order valence-corrected chi connectivity index (χ0v) is 32.2. The van der Waals surface area contributed by atoms with E-state index in [0.717, 1.165) is 0 Å². The highest BCUT2D eigenvalue weighted by atomic mass is 15.3. The summed E-state index contributed by atoms with van der Waals surface area (Å²) in [5.41, 5.74) is 1.55. The predicted octanol–water partition coefficient (Wildman–Crippen LogP) is 15.3. The number of quaternary nitrogens is 1. The Bertz CT molecular complexity index is 755. The fourth-order valence-electron chi connectivity index (χ4n) is 6.94. The minimum Gasteiger partial charge on any atom is -0.320 e. The first kappa shape index (κ1) is 43.4. The molecule has 0 aliphatic carbocycles. The van der Waals surface area contributed by atoms with Crippen LogP contribution in [-0.2, 0) is 6.54 Å². The SMILES string of the molecule is CCCC/C=C/CCCCCCC[N+](CCCCCCC/C=C/CCCC)(CCCCCCC/C=C/CCCC)Cc1ccccc1. The van der Waals surface area contributed by atoms with Gasteiger partial charge in [0.15, 0.2) is 0 Å². The van der Waals surface area contributed by atoms with E-state index >= 15 is 0 Å². The first-order valence-corrected chi connectivity index (χ1v) is 21.1. The predicted molar refractivity (Wildman–Crippen MR) is 214 cm³/mol. The molecule has 0 saturated carbocycles. The number of unbranched alkanes of at least 4 members (excludes halogenated alkanes) is 21. The van der Waals surface area contributed by atoms with Crippen molar-refractivity contribution in [2.24, 2.45) is 0 Å². The summed E-state index contributed by atoms with van der Waals surface area (Å²) in [4.78, 5) is 0. The number of nitrogens with zero attached hydrogens (tertiary/aromatic N) is 1. The lowest BCUT2D eigenvalue weighted by molar-refractivity contribution is -0.941. The van der Waals surface area contributed by atoms with Crippen LogP contribution in [0.2, 0.25) is 0 Å². The molecule has 47 heavy (non-hydrogen) atoms. The Kier molecular flexibility index (Phi) is 31.7. The van der Waals surface area contributed by atoms with Crippen LogP contribution in [0.4, 0.5) is 0 Å². The molecule has 0 aliphatic heterocycles. The highest BCUT2D eigenvalue weighted by Crippen LogP contribution is 2.22. The molecule has 1 rings (SSSR count). The van der Waals surface area contributed by atoms with Gasteiger partial charge in [0, 0.05) is 5.56 Å². The maximum Gasteiger partial charge on any atom is 0.104 e. The first-order chi connectivity index (χ1) is 23.3. The summed E-state index contributed by atoms with van der Waals surface area (Å²) >= 11 is 0. The van der Waals surface area contributed by atoms with Crippen LogP contribution < -0.4 is 0 Å². The van der Waals surface area contributed by atoms with Gasteiger partial charge in [0.05, 0.1) is 19.6 Å². The summed E-state index contributed by atoms with van der Waals surface area (Å²) in [6.45, 7) is 12.2. The van der Waals surface area contributed by atoms with Crippen LogP contribution in [0, 0.1) is 0 Å². The van der Waals surface area contributed by atoms with E-state index in [1.165, 1.54) is 204 Å². The minimum absolute atomic E-state index is 1.23. The van der Waals surface area contributed by atoms with E-state index in [2.05, 4.69) is 87.6 Å². The number of allylic oxidation sites excluding steroid dienone is 6. The van der Waals surface area contributed by atoms with Crippen LogP contribution in [0.15, 0.2) is 66.8 Å². The topological polar surface area (TPSA) is 0 Å². The molecule has 0 heterocycles. The van der Waals surface area contributed by atoms with E-state index in [-0.39, 0.29) is 0 Å². The number of benzene rings is 1. The smallest absolute Gasteiger partial charge is 0.104 e. The zero-order chi connectivity index (χ0) is 33.8. The third-order valence-corrected chi connectivity index (χ3v) is 10.0. The molecule has 0 bridgehead atoms. The van der Waals surface area contributed by atoms with E-state index in [9.17, 15) is 0 Å². The van der Waals surface area contributed by atoms with Crippen LogP contribution >= 0.6 is 0 Å². The zero-order valence-electron chi connectivity index (χ0n) is 32.2. The van der Waals surface area contributed by atoms with E-state index in [1.54, 1.807) is 5.56 Å². The van der Waals surface area contributed by atoms with Crippen molar-refractivity contribution in [2.75, 3.05) is 19.6 Å². The molecule has 0 atom stereocenters. The summed E-state index contributed by atoms with van der Waals surface area (Å²) in [7, 11) is 0. The van der Waals surface area contributed by atoms with Crippen LogP contribution in [0.3, 0.4) is 0 Å². The van der Waals surface area contributed by atoms with Crippen molar-refractivity contribution < 1.29 is 4.48 Å². The van der Waals surface area contributed by atoms with Crippen molar-refractivity contribution in [3.8, 4) is 0 Å². The Morgan fingerprint density at radius 3 is 1.00 bits per heavy atom. The summed E-state index contributed by atoms with van der Waals surface area (Å²) in [6, 6.07) is 11.5. The van der Waals surface area contributed by atoms with Crippen molar-refractivity contribution in [1.29, 1.82) is 0 Å². The van der Waals surface area contributed by atoms with Crippen molar-refractivity contribution in [3.63, 3.8) is 0 Å². The monoisotopic (exact) mass is 649 g/mol. The molecule has 0 aromatic heterocycles. The summed E-state index contributed by atoms with van der Waals surface area (Å²) < 4.78 is 1.32. The van der Waals surface area contributed by atoms with Gasteiger partial charge in [-0.1, -0.05) is 165 Å². The average molecular weight is 649 g/mol. The number of hydrogen-bond donors (Lipinski definition) is 0. The van der Waals surface area contributed by atoms with Gasteiger partial charge < -0.3 is 4.48 Å². The summed E-state index contributed by atoms with van der Waals surface area (Å²) in [5, 5.41) is 0. The van der Waals surface area contributed by atoms with Gasteiger partial charge in [-0.3, -0.25) is 0 Å². The lowest BCUT2D eigenvalue weighted by Crippen LogP contribution is -2.49. The molecule has 0 N–H and O–H groups in total. The highest BCUT2D eigenvalue weighted by molar-refractivity contribution is 5.13. The molecule has 1 aromatic rings. The van der Waals surface area contributed by atoms with Crippen molar-refractivity contribution in [3.05, 3.63) is 72.4 Å². The van der Waals surface area contributed by atoms with Crippen molar-refractivity contribution in [1.82, 2.24) is 0 Å². The molecule has 0 aliphatic rings. The van der Waals surface area contributed by atoms with E-state index < -0.39 is 0 Å². The maximum atomic E-state index is 2.44. The lowest BCUT2D eigenvalue weighted by Gasteiger charge is -2.39. The summed E-state index contributed by atoms with van der Waals surface area (Å²) in [6.07, 6.45) is 51.1. The molecule has 1 aromatic carbocycles. The molecule has 0 unspecified atom stereocenters. The van der Waals surface area contributed by atoms with Crippen LogP contribution in [0.1, 0.15) is 200 Å². The van der Waals surface area contributed by atoms with E-state index in [4.69, 9.17) is 0 Å². The maximum absolute atomic E-state index is 2.44. The van der Waals surface area contributed by atoms with E-state index in [0.29, 0.717) is 0 Å². The normalized spacial score (nSPS) is 12.4. The Morgan fingerprint density at radius 1 is 0.362 bits per heavy atom. The van der Waals surface area contributed by atoms with Gasteiger partial charge in [0.2, 0.25) is 0 Å². The quantitative estimate of drug-likeness (QED) is 0.0390. The van der Waals surface area contributed by atoms with E-state index in [1.807, 2.05) is 0 Å². The fraction of sp³-hybridized carbons (Fsp3) is 0.739. The van der Waals surface area contributed by atoms with Gasteiger partial charge in [0.1, 0.15) is 6.54 Å². The molecule has 1 heteroatoms. The molecule has 0 amide bonds. The molecule has 1 nitrogen and oxygen atoms in total. The van der Waals surface area contributed by atoms with Gasteiger partial charge in [-0.05, 0) is 96.3 Å². The fourth-order valence-corrected chi connectivity index (χ4v) is 6.94. The average Bonchev–Trinajstić information content (AvgIpc) is 3.09. The Labute approximate surface area is 296 Å². The van der Waals surface area contributed by atoms with Crippen LogP contribution in [0.5, 0.6) is 0 Å². The van der Waals surface area contributed by atoms with Crippen LogP contribution in [-0.4, -0.2) is 24.1 Å². The molecule has 0 saturated heterocycles. The molecule has 0 radical (unpaired) electrons. The number of hydrogen-bond acceptors (Lipinski definition) is 0. The van der Waals surface area contributed by atoms with Crippen molar-refractivity contribution in [2.45, 2.75) is 201 Å². The Balaban J connectivity index is 2.61. The largest absolute Gasteiger partial charge is 0.320 e. The second-order valence-corrected chi connectivity index (χ2v) is 14.7. The molecule has 0 fully saturated rings. The minimum atomic E-state index is 1.23. The van der Waals surface area contributed by atoms with Gasteiger partial charge in [-0.2, -0.15) is 0 Å². The summed E-state index contributed by atoms with van der Waals surface area (Å²) in [5.74, 6) is 0. The van der Waals surface area contributed by atoms with Crippen LogP contribution in [0.25, 0.3) is 0 Å².